The number of rotatable bonds is 24. The maximum absolute atomic E-state index is 14.2. The van der Waals surface area contributed by atoms with Gasteiger partial charge in [-0.05, 0) is 41.5 Å². The zero-order chi connectivity index (χ0) is 43.7. The molecule has 0 aromatic carbocycles. The van der Waals surface area contributed by atoms with Gasteiger partial charge in [-0.3, -0.25) is 0 Å². The molecule has 0 atom stereocenters. The van der Waals surface area contributed by atoms with E-state index < -0.39 is 130 Å². The highest BCUT2D eigenvalue weighted by molar-refractivity contribution is 5.89. The molecule has 0 radical (unpaired) electrons. The Morgan fingerprint density at radius 1 is 0.368 bits per heavy atom. The minimum Gasteiger partial charge on any atom is -0.462 e. The summed E-state index contributed by atoms with van der Waals surface area (Å²) in [6.07, 6.45) is 0. The quantitative estimate of drug-likeness (QED) is 0.0825. The monoisotopic (exact) mass is 801 g/mol. The van der Waals surface area contributed by atoms with Crippen LogP contribution >= 0.6 is 0 Å². The lowest BCUT2D eigenvalue weighted by Crippen LogP contribution is -2.57. The van der Waals surface area contributed by atoms with Crippen molar-refractivity contribution < 1.29 is 57.2 Å². The second-order valence-corrected chi connectivity index (χ2v) is 13.6. The standard InChI is InChI=1S/C39H51N3O15/c1-22(2)31(43)52-16-28(17-53-32(44)23(3)4)13-40-37(49)41(14-29(18-54-33(45)24(5)6)19-55-34(46)25(7)8)39(51)42(38(40)50)15-30(20-56-35(47)26(9)10)21-57-36(48)27(11)12/h28-30H,1,3,5,7,9,11,13-21H2,2,4,6,8,10,12H3. The lowest BCUT2D eigenvalue weighted by Gasteiger charge is -2.23. The molecule has 0 amide bonds. The van der Waals surface area contributed by atoms with E-state index in [1.807, 2.05) is 0 Å². The number of hydrogen-bond acceptors (Lipinski definition) is 15. The van der Waals surface area contributed by atoms with Crippen LogP contribution in [-0.4, -0.2) is 89.2 Å². The van der Waals surface area contributed by atoms with Gasteiger partial charge in [-0.25, -0.2) is 56.9 Å². The lowest BCUT2D eigenvalue weighted by atomic mass is 10.1. The summed E-state index contributed by atoms with van der Waals surface area (Å²) in [5, 5.41) is 0. The van der Waals surface area contributed by atoms with Crippen molar-refractivity contribution >= 4 is 35.8 Å². The van der Waals surface area contributed by atoms with E-state index in [2.05, 4.69) is 39.5 Å². The zero-order valence-electron chi connectivity index (χ0n) is 33.3. The Hall–Kier alpha value is -6.33. The molecule has 0 aliphatic heterocycles. The summed E-state index contributed by atoms with van der Waals surface area (Å²) in [5.41, 5.74) is -3.46. The third kappa shape index (κ3) is 16.1. The van der Waals surface area contributed by atoms with Crippen molar-refractivity contribution in [2.75, 3.05) is 39.6 Å². The minimum absolute atomic E-state index is 0.0252. The van der Waals surface area contributed by atoms with Gasteiger partial charge < -0.3 is 28.4 Å². The van der Waals surface area contributed by atoms with Gasteiger partial charge >= 0.3 is 52.9 Å². The molecule has 18 nitrogen and oxygen atoms in total. The largest absolute Gasteiger partial charge is 0.462 e. The molecule has 1 aromatic heterocycles. The van der Waals surface area contributed by atoms with Crippen molar-refractivity contribution in [3.8, 4) is 0 Å². The van der Waals surface area contributed by atoms with Crippen LogP contribution < -0.4 is 17.1 Å². The Morgan fingerprint density at radius 2 is 0.509 bits per heavy atom. The molecule has 312 valence electrons. The summed E-state index contributed by atoms with van der Waals surface area (Å²) in [6.45, 7) is 24.6. The van der Waals surface area contributed by atoms with Crippen molar-refractivity contribution in [3.63, 3.8) is 0 Å². The van der Waals surface area contributed by atoms with Gasteiger partial charge in [0, 0.05) is 70.8 Å². The highest BCUT2D eigenvalue weighted by Gasteiger charge is 2.27. The number of nitrogens with zero attached hydrogens (tertiary/aromatic N) is 3. The first-order chi connectivity index (χ1) is 26.5. The number of esters is 6. The second kappa shape index (κ2) is 22.9. The Bertz CT molecular complexity index is 1650. The predicted octanol–water partition coefficient (Wildman–Crippen LogP) is 1.74. The summed E-state index contributed by atoms with van der Waals surface area (Å²) < 4.78 is 33.3. The average molecular weight is 802 g/mol. The van der Waals surface area contributed by atoms with E-state index in [0.717, 1.165) is 0 Å². The normalized spacial score (nSPS) is 10.7. The minimum atomic E-state index is -1.20. The molecule has 1 heterocycles. The Labute approximate surface area is 329 Å². The van der Waals surface area contributed by atoms with Gasteiger partial charge in [0.25, 0.3) is 0 Å². The van der Waals surface area contributed by atoms with Crippen LogP contribution in [0.3, 0.4) is 0 Å². The lowest BCUT2D eigenvalue weighted by molar-refractivity contribution is -0.146. The van der Waals surface area contributed by atoms with Gasteiger partial charge in [0.05, 0.1) is 39.6 Å². The molecule has 0 spiro atoms. The molecule has 0 aliphatic carbocycles. The Morgan fingerprint density at radius 3 is 0.632 bits per heavy atom. The fraction of sp³-hybridized carbons (Fsp3) is 0.462. The van der Waals surface area contributed by atoms with Crippen LogP contribution in [0.1, 0.15) is 41.5 Å². The van der Waals surface area contributed by atoms with Crippen LogP contribution in [0, 0.1) is 17.8 Å². The molecule has 1 aromatic rings. The average Bonchev–Trinajstić information content (AvgIpc) is 3.14. The highest BCUT2D eigenvalue weighted by Crippen LogP contribution is 2.10. The zero-order valence-corrected chi connectivity index (χ0v) is 33.3. The van der Waals surface area contributed by atoms with Gasteiger partial charge in [0.2, 0.25) is 0 Å². The smallest absolute Gasteiger partial charge is 0.336 e. The molecule has 1 rings (SSSR count). The van der Waals surface area contributed by atoms with Gasteiger partial charge in [0.1, 0.15) is 0 Å². The molecule has 57 heavy (non-hydrogen) atoms. The molecule has 0 unspecified atom stereocenters. The number of aromatic nitrogens is 3. The number of carbonyl (C=O) groups excluding carboxylic acids is 6. The van der Waals surface area contributed by atoms with E-state index in [-0.39, 0.29) is 33.4 Å². The molecule has 18 heteroatoms. The Kier molecular flexibility index (Phi) is 19.6. The van der Waals surface area contributed by atoms with Crippen molar-refractivity contribution in [1.82, 2.24) is 13.7 Å². The molecular weight excluding hydrogens is 750 g/mol. The van der Waals surface area contributed by atoms with E-state index >= 15 is 0 Å². The van der Waals surface area contributed by atoms with Crippen molar-refractivity contribution in [3.05, 3.63) is 104 Å². The molecule has 0 saturated heterocycles. The van der Waals surface area contributed by atoms with Crippen LogP contribution in [0.2, 0.25) is 0 Å². The van der Waals surface area contributed by atoms with Gasteiger partial charge in [-0.1, -0.05) is 39.5 Å². The number of ether oxygens (including phenoxy) is 6. The molecule has 0 bridgehead atoms. The van der Waals surface area contributed by atoms with E-state index in [1.54, 1.807) is 0 Å². The molecule has 0 aliphatic rings. The van der Waals surface area contributed by atoms with Crippen molar-refractivity contribution in [2.45, 2.75) is 61.2 Å². The van der Waals surface area contributed by atoms with E-state index in [1.165, 1.54) is 41.5 Å². The van der Waals surface area contributed by atoms with Crippen LogP contribution in [0.25, 0.3) is 0 Å². The fourth-order valence-electron chi connectivity index (χ4n) is 4.29. The van der Waals surface area contributed by atoms with Gasteiger partial charge in [0.15, 0.2) is 0 Å². The predicted molar refractivity (Wildman–Crippen MR) is 204 cm³/mol. The van der Waals surface area contributed by atoms with Crippen LogP contribution in [0.15, 0.2) is 87.3 Å². The Balaban J connectivity index is 4.04. The summed E-state index contributed by atoms with van der Waals surface area (Å²) in [4.78, 5) is 116. The third-order valence-corrected chi connectivity index (χ3v) is 7.50. The highest BCUT2D eigenvalue weighted by atomic mass is 16.6. The van der Waals surface area contributed by atoms with Gasteiger partial charge in [-0.15, -0.1) is 0 Å². The first-order valence-corrected chi connectivity index (χ1v) is 17.4. The first-order valence-electron chi connectivity index (χ1n) is 17.4. The van der Waals surface area contributed by atoms with Crippen molar-refractivity contribution in [1.29, 1.82) is 0 Å². The molecule has 0 N–H and O–H groups in total. The van der Waals surface area contributed by atoms with Gasteiger partial charge in [-0.2, -0.15) is 0 Å². The third-order valence-electron chi connectivity index (χ3n) is 7.50. The van der Waals surface area contributed by atoms with Crippen molar-refractivity contribution in [2.24, 2.45) is 17.8 Å². The van der Waals surface area contributed by atoms with E-state index in [4.69, 9.17) is 28.4 Å². The fourth-order valence-corrected chi connectivity index (χ4v) is 4.29. The summed E-state index contributed by atoms with van der Waals surface area (Å²) in [6, 6.07) is 0. The summed E-state index contributed by atoms with van der Waals surface area (Å²) in [7, 11) is 0. The SMILES string of the molecule is C=C(C)C(=O)OCC(COC(=O)C(=C)C)Cn1c(=O)n(CC(COC(=O)C(=C)C)COC(=O)C(=C)C)c(=O)n(CC(COC(=O)C(=C)C)COC(=O)C(=C)C)c1=O. The summed E-state index contributed by atoms with van der Waals surface area (Å²) in [5.74, 6) is -8.18. The van der Waals surface area contributed by atoms with Crippen LogP contribution in [-0.2, 0) is 76.8 Å². The van der Waals surface area contributed by atoms with E-state index in [9.17, 15) is 43.2 Å². The van der Waals surface area contributed by atoms with E-state index in [0.29, 0.717) is 13.7 Å². The topological polar surface area (TPSA) is 224 Å². The first kappa shape index (κ1) is 48.7. The van der Waals surface area contributed by atoms with Crippen LogP contribution in [0.5, 0.6) is 0 Å². The molecule has 0 saturated carbocycles. The second-order valence-electron chi connectivity index (χ2n) is 13.6. The van der Waals surface area contributed by atoms with Crippen LogP contribution in [0.4, 0.5) is 0 Å². The maximum Gasteiger partial charge on any atom is 0.336 e. The maximum atomic E-state index is 14.2. The number of hydrogen-bond donors (Lipinski definition) is 0. The molecular formula is C39H51N3O15. The number of carbonyl (C=O) groups is 6. The molecule has 0 fully saturated rings. The summed E-state index contributed by atoms with van der Waals surface area (Å²) >= 11 is 0.